The zero-order chi connectivity index (χ0) is 10.6. The van der Waals surface area contributed by atoms with Crippen LogP contribution in [-0.4, -0.2) is 23.5 Å². The van der Waals surface area contributed by atoms with E-state index in [-0.39, 0.29) is 0 Å². The molecule has 0 aliphatic heterocycles. The van der Waals surface area contributed by atoms with E-state index in [1.54, 1.807) is 11.3 Å². The summed E-state index contributed by atoms with van der Waals surface area (Å²) in [4.78, 5) is 4.16. The lowest BCUT2D eigenvalue weighted by Crippen LogP contribution is -2.22. The number of hydrogen-bond donors (Lipinski definition) is 1. The van der Waals surface area contributed by atoms with E-state index in [1.807, 2.05) is 0 Å². The molecule has 1 aromatic rings. The molecule has 0 saturated heterocycles. The van der Waals surface area contributed by atoms with Gasteiger partial charge in [-0.25, -0.2) is 0 Å². The van der Waals surface area contributed by atoms with Gasteiger partial charge in [0.1, 0.15) is 0 Å². The van der Waals surface area contributed by atoms with Gasteiger partial charge in [0.05, 0.1) is 8.77 Å². The van der Waals surface area contributed by atoms with Crippen molar-refractivity contribution in [1.82, 2.24) is 4.90 Å². The third-order valence-electron chi connectivity index (χ3n) is 1.79. The fourth-order valence-corrected chi connectivity index (χ4v) is 2.74. The Labute approximate surface area is 102 Å². The smallest absolute Gasteiger partial charge is 0.0740 e. The molecule has 5 heteroatoms. The van der Waals surface area contributed by atoms with Gasteiger partial charge in [-0.05, 0) is 35.1 Å². The van der Waals surface area contributed by atoms with E-state index in [2.05, 4.69) is 40.0 Å². The second-order valence-corrected chi connectivity index (χ2v) is 6.23. The fraction of sp³-hybridized carbons (Fsp3) is 0.444. The lowest BCUT2D eigenvalue weighted by atomic mass is 10.3. The first kappa shape index (κ1) is 12.1. The van der Waals surface area contributed by atoms with Crippen LogP contribution < -0.4 is 5.73 Å². The molecule has 2 N–H and O–H groups in total. The Morgan fingerprint density at radius 3 is 2.86 bits per heavy atom. The van der Waals surface area contributed by atoms with Crippen molar-refractivity contribution in [3.05, 3.63) is 20.8 Å². The molecule has 1 rings (SSSR count). The van der Waals surface area contributed by atoms with Gasteiger partial charge < -0.3 is 10.6 Å². The molecule has 0 spiro atoms. The van der Waals surface area contributed by atoms with Crippen LogP contribution in [0.15, 0.2) is 15.9 Å². The van der Waals surface area contributed by atoms with Crippen LogP contribution in [0.2, 0.25) is 0 Å². The highest BCUT2D eigenvalue weighted by Crippen LogP contribution is 2.22. The van der Waals surface area contributed by atoms with Crippen LogP contribution in [-0.2, 0) is 6.54 Å². The molecule has 0 amide bonds. The minimum atomic E-state index is 0.587. The number of rotatable bonds is 5. The van der Waals surface area contributed by atoms with Gasteiger partial charge in [-0.1, -0.05) is 12.2 Å². The standard InChI is InChI=1S/C9H13BrN2S2/c1-12(5-4-9(11)13)6-7-2-3-8(10)14-7/h2-3H,4-6H2,1H3,(H2,11,13). The molecule has 0 fully saturated rings. The summed E-state index contributed by atoms with van der Waals surface area (Å²) < 4.78 is 1.18. The molecule has 0 unspecified atom stereocenters. The van der Waals surface area contributed by atoms with E-state index in [0.717, 1.165) is 19.5 Å². The molecule has 14 heavy (non-hydrogen) atoms. The highest BCUT2D eigenvalue weighted by Gasteiger charge is 2.03. The van der Waals surface area contributed by atoms with Crippen molar-refractivity contribution < 1.29 is 0 Å². The predicted octanol–water partition coefficient (Wildman–Crippen LogP) is 2.62. The summed E-state index contributed by atoms with van der Waals surface area (Å²) in [6, 6.07) is 4.20. The maximum Gasteiger partial charge on any atom is 0.0740 e. The van der Waals surface area contributed by atoms with Gasteiger partial charge in [-0.15, -0.1) is 11.3 Å². The topological polar surface area (TPSA) is 29.3 Å². The molecule has 2 nitrogen and oxygen atoms in total. The Morgan fingerprint density at radius 2 is 2.36 bits per heavy atom. The van der Waals surface area contributed by atoms with Gasteiger partial charge in [0, 0.05) is 24.4 Å². The van der Waals surface area contributed by atoms with E-state index in [4.69, 9.17) is 18.0 Å². The van der Waals surface area contributed by atoms with Crippen LogP contribution in [0.4, 0.5) is 0 Å². The number of thiophene rings is 1. The zero-order valence-corrected chi connectivity index (χ0v) is 11.2. The Hall–Kier alpha value is 0.0300. The minimum absolute atomic E-state index is 0.587. The van der Waals surface area contributed by atoms with Gasteiger partial charge in [-0.3, -0.25) is 0 Å². The normalized spacial score (nSPS) is 10.8. The summed E-state index contributed by atoms with van der Waals surface area (Å²) >= 11 is 10.0. The average molecular weight is 293 g/mol. The zero-order valence-electron chi connectivity index (χ0n) is 8.00. The minimum Gasteiger partial charge on any atom is -0.393 e. The summed E-state index contributed by atoms with van der Waals surface area (Å²) in [6.45, 7) is 1.88. The molecule has 0 bridgehead atoms. The number of nitrogens with zero attached hydrogens (tertiary/aromatic N) is 1. The van der Waals surface area contributed by atoms with Crippen LogP contribution >= 0.6 is 39.5 Å². The van der Waals surface area contributed by atoms with Crippen LogP contribution in [0.3, 0.4) is 0 Å². The first-order chi connectivity index (χ1) is 6.58. The third-order valence-corrected chi connectivity index (χ3v) is 3.61. The summed E-state index contributed by atoms with van der Waals surface area (Å²) in [5.41, 5.74) is 5.44. The SMILES string of the molecule is CN(CCC(N)=S)Cc1ccc(Br)s1. The molecule has 0 radical (unpaired) electrons. The first-order valence-corrected chi connectivity index (χ1v) is 6.31. The molecule has 1 heterocycles. The van der Waals surface area contributed by atoms with E-state index >= 15 is 0 Å². The molecule has 0 aromatic carbocycles. The molecule has 0 aliphatic carbocycles. The van der Waals surface area contributed by atoms with Crippen molar-refractivity contribution in [1.29, 1.82) is 0 Å². The van der Waals surface area contributed by atoms with Crippen molar-refractivity contribution in [3.8, 4) is 0 Å². The van der Waals surface area contributed by atoms with Crippen molar-refractivity contribution in [2.75, 3.05) is 13.6 Å². The number of halogens is 1. The van der Waals surface area contributed by atoms with E-state index in [0.29, 0.717) is 4.99 Å². The van der Waals surface area contributed by atoms with Gasteiger partial charge in [0.2, 0.25) is 0 Å². The maximum absolute atomic E-state index is 5.44. The van der Waals surface area contributed by atoms with Crippen LogP contribution in [0.25, 0.3) is 0 Å². The second-order valence-electron chi connectivity index (χ2n) is 3.16. The quantitative estimate of drug-likeness (QED) is 0.846. The molecule has 1 aromatic heterocycles. The van der Waals surface area contributed by atoms with E-state index in [1.165, 1.54) is 8.66 Å². The Bertz CT molecular complexity index is 312. The monoisotopic (exact) mass is 292 g/mol. The highest BCUT2D eigenvalue weighted by molar-refractivity contribution is 9.11. The van der Waals surface area contributed by atoms with Gasteiger partial charge in [0.25, 0.3) is 0 Å². The van der Waals surface area contributed by atoms with Crippen LogP contribution in [0.5, 0.6) is 0 Å². The molecular weight excluding hydrogens is 280 g/mol. The predicted molar refractivity (Wildman–Crippen MR) is 69.8 cm³/mol. The highest BCUT2D eigenvalue weighted by atomic mass is 79.9. The Balaban J connectivity index is 2.33. The van der Waals surface area contributed by atoms with Crippen LogP contribution in [0.1, 0.15) is 11.3 Å². The lowest BCUT2D eigenvalue weighted by molar-refractivity contribution is 0.340. The maximum atomic E-state index is 5.44. The average Bonchev–Trinajstić information content (AvgIpc) is 2.48. The number of hydrogen-bond acceptors (Lipinski definition) is 3. The molecule has 0 atom stereocenters. The molecule has 0 saturated carbocycles. The largest absolute Gasteiger partial charge is 0.393 e. The van der Waals surface area contributed by atoms with Gasteiger partial charge >= 0.3 is 0 Å². The van der Waals surface area contributed by atoms with Crippen molar-refractivity contribution in [3.63, 3.8) is 0 Å². The Morgan fingerprint density at radius 1 is 1.64 bits per heavy atom. The van der Waals surface area contributed by atoms with Gasteiger partial charge in [-0.2, -0.15) is 0 Å². The summed E-state index contributed by atoms with van der Waals surface area (Å²) in [5.74, 6) is 0. The van der Waals surface area contributed by atoms with Crippen LogP contribution in [0, 0.1) is 0 Å². The molecular formula is C9H13BrN2S2. The van der Waals surface area contributed by atoms with Gasteiger partial charge in [0.15, 0.2) is 0 Å². The number of nitrogens with two attached hydrogens (primary N) is 1. The first-order valence-electron chi connectivity index (χ1n) is 4.29. The van der Waals surface area contributed by atoms with E-state index in [9.17, 15) is 0 Å². The third kappa shape index (κ3) is 4.50. The molecule has 0 aliphatic rings. The fourth-order valence-electron chi connectivity index (χ4n) is 1.08. The summed E-state index contributed by atoms with van der Waals surface area (Å²) in [5, 5.41) is 0. The summed E-state index contributed by atoms with van der Waals surface area (Å²) in [7, 11) is 2.08. The van der Waals surface area contributed by atoms with Crippen molar-refractivity contribution >= 4 is 44.5 Å². The lowest BCUT2D eigenvalue weighted by Gasteiger charge is -2.14. The second kappa shape index (κ2) is 5.80. The molecule has 78 valence electrons. The Kier molecular flexibility index (Phi) is 5.01. The van der Waals surface area contributed by atoms with Crippen molar-refractivity contribution in [2.24, 2.45) is 5.73 Å². The van der Waals surface area contributed by atoms with E-state index < -0.39 is 0 Å². The summed E-state index contributed by atoms with van der Waals surface area (Å²) in [6.07, 6.45) is 0.790. The van der Waals surface area contributed by atoms with Crippen molar-refractivity contribution in [2.45, 2.75) is 13.0 Å². The number of thiocarbonyl (C=S) groups is 1.